The molecule has 0 fully saturated rings. The van der Waals surface area contributed by atoms with Crippen molar-refractivity contribution in [2.24, 2.45) is 0 Å². The van der Waals surface area contributed by atoms with Crippen LogP contribution in [0.4, 0.5) is 0 Å². The summed E-state index contributed by atoms with van der Waals surface area (Å²) in [6, 6.07) is 8.48. The summed E-state index contributed by atoms with van der Waals surface area (Å²) in [4.78, 5) is 23.6. The molecule has 0 aliphatic rings. The summed E-state index contributed by atoms with van der Waals surface area (Å²) in [5.41, 5.74) is 3.30. The molecule has 0 aliphatic carbocycles. The molecule has 1 N–H and O–H groups in total. The van der Waals surface area contributed by atoms with E-state index < -0.39 is 0 Å². The zero-order valence-corrected chi connectivity index (χ0v) is 18.0. The lowest BCUT2D eigenvalue weighted by molar-refractivity contribution is 0.324. The molecule has 0 unspecified atom stereocenters. The second-order valence-corrected chi connectivity index (χ2v) is 8.79. The zero-order valence-electron chi connectivity index (χ0n) is 16.4. The topological polar surface area (TPSA) is 49.0 Å². The van der Waals surface area contributed by atoms with Gasteiger partial charge in [-0.1, -0.05) is 63.7 Å². The largest absolute Gasteiger partial charge is 0.303 e. The van der Waals surface area contributed by atoms with Crippen molar-refractivity contribution in [2.45, 2.75) is 38.8 Å². The lowest BCUT2D eigenvalue weighted by Crippen LogP contribution is -2.25. The van der Waals surface area contributed by atoms with Crippen LogP contribution in [0.1, 0.15) is 39.2 Å². The van der Waals surface area contributed by atoms with E-state index in [0.717, 1.165) is 41.3 Å². The van der Waals surface area contributed by atoms with Crippen molar-refractivity contribution >= 4 is 33.3 Å². The van der Waals surface area contributed by atoms with Crippen molar-refractivity contribution in [3.63, 3.8) is 0 Å². The van der Waals surface area contributed by atoms with Gasteiger partial charge in [-0.3, -0.25) is 4.79 Å². The number of fused-ring (bicyclic) bond motifs is 1. The number of benzene rings is 1. The number of rotatable bonds is 8. The Hall–Kier alpha value is -1.63. The number of H-pyrrole nitrogens is 1. The van der Waals surface area contributed by atoms with Gasteiger partial charge in [0.15, 0.2) is 5.16 Å². The molecule has 0 saturated carbocycles. The van der Waals surface area contributed by atoms with Crippen molar-refractivity contribution in [1.29, 1.82) is 0 Å². The Morgan fingerprint density at radius 1 is 1.19 bits per heavy atom. The summed E-state index contributed by atoms with van der Waals surface area (Å²) >= 11 is 3.16. The van der Waals surface area contributed by atoms with Gasteiger partial charge in [0, 0.05) is 23.2 Å². The summed E-state index contributed by atoms with van der Waals surface area (Å²) in [5.74, 6) is 1.42. The van der Waals surface area contributed by atoms with Crippen molar-refractivity contribution in [1.82, 2.24) is 14.9 Å². The quantitative estimate of drug-likeness (QED) is 0.416. The standard InChI is InChI=1S/C21H27N3OS2/c1-5-24(6-2)11-12-26-21-22-19(25)18-17(13-27-20(18)23-21)16-9-7-15(8-10-16)14(3)4/h7-10,13-14H,5-6,11-12H2,1-4H3,(H,22,23,25). The highest BCUT2D eigenvalue weighted by Gasteiger charge is 2.13. The van der Waals surface area contributed by atoms with Gasteiger partial charge in [0.25, 0.3) is 5.56 Å². The third-order valence-corrected chi connectivity index (χ3v) is 6.58. The molecule has 0 aliphatic heterocycles. The van der Waals surface area contributed by atoms with E-state index in [2.05, 4.69) is 66.8 Å². The first-order valence-electron chi connectivity index (χ1n) is 9.50. The van der Waals surface area contributed by atoms with E-state index in [1.165, 1.54) is 5.56 Å². The molecule has 1 aromatic carbocycles. The van der Waals surface area contributed by atoms with Gasteiger partial charge < -0.3 is 9.88 Å². The summed E-state index contributed by atoms with van der Waals surface area (Å²) in [7, 11) is 0. The minimum atomic E-state index is -0.0467. The molecule has 0 bridgehead atoms. The van der Waals surface area contributed by atoms with Crippen LogP contribution in [0.15, 0.2) is 39.6 Å². The van der Waals surface area contributed by atoms with Crippen LogP contribution in [0.3, 0.4) is 0 Å². The number of thiophene rings is 1. The summed E-state index contributed by atoms with van der Waals surface area (Å²) in [6.45, 7) is 11.8. The molecule has 3 aromatic rings. The fourth-order valence-corrected chi connectivity index (χ4v) is 4.94. The van der Waals surface area contributed by atoms with Crippen LogP contribution in [0.2, 0.25) is 0 Å². The van der Waals surface area contributed by atoms with Crippen LogP contribution >= 0.6 is 23.1 Å². The molecule has 0 spiro atoms. The summed E-state index contributed by atoms with van der Waals surface area (Å²) in [5, 5.41) is 3.45. The third kappa shape index (κ3) is 4.62. The van der Waals surface area contributed by atoms with Crippen molar-refractivity contribution < 1.29 is 0 Å². The Kier molecular flexibility index (Phi) is 6.73. The maximum atomic E-state index is 12.7. The normalized spacial score (nSPS) is 11.8. The average molecular weight is 402 g/mol. The smallest absolute Gasteiger partial charge is 0.260 e. The Morgan fingerprint density at radius 3 is 2.52 bits per heavy atom. The molecular weight excluding hydrogens is 374 g/mol. The SMILES string of the molecule is CCN(CC)CCSc1nc2scc(-c3ccc(C(C)C)cc3)c2c(=O)[nH]1. The van der Waals surface area contributed by atoms with E-state index in [4.69, 9.17) is 0 Å². The molecule has 0 amide bonds. The van der Waals surface area contributed by atoms with Gasteiger partial charge in [0.2, 0.25) is 0 Å². The van der Waals surface area contributed by atoms with Crippen LogP contribution in [0.25, 0.3) is 21.3 Å². The number of hydrogen-bond donors (Lipinski definition) is 1. The maximum absolute atomic E-state index is 12.7. The van der Waals surface area contributed by atoms with Gasteiger partial charge in [0.05, 0.1) is 5.39 Å². The predicted molar refractivity (Wildman–Crippen MR) is 118 cm³/mol. The van der Waals surface area contributed by atoms with Crippen LogP contribution in [0.5, 0.6) is 0 Å². The summed E-state index contributed by atoms with van der Waals surface area (Å²) < 4.78 is 0. The average Bonchev–Trinajstić information content (AvgIpc) is 3.10. The first-order chi connectivity index (χ1) is 13.0. The van der Waals surface area contributed by atoms with Crippen molar-refractivity contribution in [3.8, 4) is 11.1 Å². The highest BCUT2D eigenvalue weighted by Crippen LogP contribution is 2.32. The van der Waals surface area contributed by atoms with E-state index >= 15 is 0 Å². The number of nitrogens with one attached hydrogen (secondary N) is 1. The fourth-order valence-electron chi connectivity index (χ4n) is 3.07. The molecule has 2 aromatic heterocycles. The number of aromatic nitrogens is 2. The molecule has 3 rings (SSSR count). The molecular formula is C21H27N3OS2. The molecule has 144 valence electrons. The van der Waals surface area contributed by atoms with E-state index in [-0.39, 0.29) is 5.56 Å². The predicted octanol–water partition coefficient (Wildman–Crippen LogP) is 5.21. The number of hydrogen-bond acceptors (Lipinski definition) is 5. The lowest BCUT2D eigenvalue weighted by atomic mass is 9.99. The van der Waals surface area contributed by atoms with Crippen LogP contribution in [-0.2, 0) is 0 Å². The third-order valence-electron chi connectivity index (χ3n) is 4.85. The van der Waals surface area contributed by atoms with Crippen molar-refractivity contribution in [3.05, 3.63) is 45.6 Å². The Morgan fingerprint density at radius 2 is 1.89 bits per heavy atom. The van der Waals surface area contributed by atoms with Gasteiger partial charge in [-0.2, -0.15) is 0 Å². The summed E-state index contributed by atoms with van der Waals surface area (Å²) in [6.07, 6.45) is 0. The number of thioether (sulfide) groups is 1. The van der Waals surface area contributed by atoms with E-state index in [1.807, 2.05) is 5.38 Å². The molecule has 0 saturated heterocycles. The zero-order chi connectivity index (χ0) is 19.4. The number of nitrogens with zero attached hydrogens (tertiary/aromatic N) is 2. The van der Waals surface area contributed by atoms with Gasteiger partial charge in [0.1, 0.15) is 4.83 Å². The molecule has 6 heteroatoms. The Labute approximate surface area is 169 Å². The van der Waals surface area contributed by atoms with Crippen molar-refractivity contribution in [2.75, 3.05) is 25.4 Å². The fraction of sp³-hybridized carbons (Fsp3) is 0.429. The first-order valence-corrected chi connectivity index (χ1v) is 11.4. The lowest BCUT2D eigenvalue weighted by Gasteiger charge is -2.16. The monoisotopic (exact) mass is 401 g/mol. The van der Waals surface area contributed by atoms with E-state index in [1.54, 1.807) is 23.1 Å². The van der Waals surface area contributed by atoms with E-state index in [0.29, 0.717) is 16.5 Å². The molecule has 2 heterocycles. The van der Waals surface area contributed by atoms with Gasteiger partial charge >= 0.3 is 0 Å². The highest BCUT2D eigenvalue weighted by atomic mass is 32.2. The van der Waals surface area contributed by atoms with Crippen LogP contribution < -0.4 is 5.56 Å². The first kappa shape index (κ1) is 20.1. The maximum Gasteiger partial charge on any atom is 0.260 e. The number of aromatic amines is 1. The molecule has 4 nitrogen and oxygen atoms in total. The van der Waals surface area contributed by atoms with Crippen LogP contribution in [0, 0.1) is 0 Å². The second kappa shape index (κ2) is 9.04. The Balaban J connectivity index is 1.83. The minimum Gasteiger partial charge on any atom is -0.303 e. The minimum absolute atomic E-state index is 0.0467. The van der Waals surface area contributed by atoms with E-state index in [9.17, 15) is 4.79 Å². The Bertz CT molecular complexity index is 940. The van der Waals surface area contributed by atoms with Gasteiger partial charge in [-0.25, -0.2) is 4.98 Å². The molecule has 0 atom stereocenters. The molecule has 0 radical (unpaired) electrons. The molecule has 27 heavy (non-hydrogen) atoms. The van der Waals surface area contributed by atoms with Gasteiger partial charge in [-0.15, -0.1) is 11.3 Å². The highest BCUT2D eigenvalue weighted by molar-refractivity contribution is 7.99. The van der Waals surface area contributed by atoms with Crippen LogP contribution in [-0.4, -0.2) is 40.3 Å². The van der Waals surface area contributed by atoms with Gasteiger partial charge in [-0.05, 0) is 30.1 Å². The second-order valence-electron chi connectivity index (χ2n) is 6.85.